The zero-order valence-electron chi connectivity index (χ0n) is 12.2. The molecule has 2 rings (SSSR count). The largest absolute Gasteiger partial charge is 0.476 e. The van der Waals surface area contributed by atoms with Crippen LogP contribution in [0.25, 0.3) is 5.69 Å². The highest BCUT2D eigenvalue weighted by atomic mass is 16.6. The van der Waals surface area contributed by atoms with Crippen LogP contribution in [0.2, 0.25) is 0 Å². The third-order valence-corrected chi connectivity index (χ3v) is 2.90. The Kier molecular flexibility index (Phi) is 4.35. The summed E-state index contributed by atoms with van der Waals surface area (Å²) in [7, 11) is 0. The predicted molar refractivity (Wildman–Crippen MR) is 75.7 cm³/mol. The Hall–Kier alpha value is -3.30. The van der Waals surface area contributed by atoms with E-state index in [1.165, 1.54) is 12.1 Å². The number of hydrogen-bond acceptors (Lipinski definition) is 7. The normalized spacial score (nSPS) is 10.3. The van der Waals surface area contributed by atoms with Crippen LogP contribution >= 0.6 is 0 Å². The number of carbonyl (C=O) groups excluding carboxylic acids is 1. The minimum atomic E-state index is -1.51. The Bertz CT molecular complexity index is 798. The van der Waals surface area contributed by atoms with E-state index in [1.807, 2.05) is 0 Å². The zero-order valence-corrected chi connectivity index (χ0v) is 12.2. The van der Waals surface area contributed by atoms with Gasteiger partial charge < -0.3 is 9.84 Å². The molecule has 120 valence electrons. The van der Waals surface area contributed by atoms with Crippen LogP contribution in [-0.2, 0) is 4.74 Å². The number of nitro groups is 1. The number of carboxylic acid groups (broad SMARTS) is 1. The SMILES string of the molecule is CCOC(=O)c1nnn(-c2ccc(C)cc2[N+](=O)[O-])c1C(=O)O. The number of ether oxygens (including phenoxy) is 1. The maximum absolute atomic E-state index is 11.8. The van der Waals surface area contributed by atoms with E-state index in [0.29, 0.717) is 5.56 Å². The summed E-state index contributed by atoms with van der Waals surface area (Å²) in [6, 6.07) is 4.16. The molecular weight excluding hydrogens is 308 g/mol. The van der Waals surface area contributed by atoms with Crippen LogP contribution in [-0.4, -0.2) is 43.6 Å². The molecule has 1 N–H and O–H groups in total. The fraction of sp³-hybridized carbons (Fsp3) is 0.231. The lowest BCUT2D eigenvalue weighted by atomic mass is 10.2. The molecule has 0 bridgehead atoms. The number of nitrogens with zero attached hydrogens (tertiary/aromatic N) is 4. The molecule has 0 unspecified atom stereocenters. The Balaban J connectivity index is 2.68. The molecule has 1 aromatic heterocycles. The van der Waals surface area contributed by atoms with E-state index in [1.54, 1.807) is 19.9 Å². The topological polar surface area (TPSA) is 137 Å². The third kappa shape index (κ3) is 3.00. The van der Waals surface area contributed by atoms with E-state index in [0.717, 1.165) is 4.68 Å². The number of benzene rings is 1. The van der Waals surface area contributed by atoms with Gasteiger partial charge in [0.15, 0.2) is 5.69 Å². The number of rotatable bonds is 5. The monoisotopic (exact) mass is 320 g/mol. The average Bonchev–Trinajstić information content (AvgIpc) is 2.92. The van der Waals surface area contributed by atoms with Gasteiger partial charge in [0.25, 0.3) is 5.69 Å². The first-order chi connectivity index (χ1) is 10.9. The molecule has 0 fully saturated rings. The van der Waals surface area contributed by atoms with Crippen molar-refractivity contribution in [2.45, 2.75) is 13.8 Å². The standard InChI is InChI=1S/C13H12N4O6/c1-3-23-13(20)10-11(12(18)19)16(15-14-10)8-5-4-7(2)6-9(8)17(21)22/h4-6H,3H2,1-2H3,(H,18,19). The molecule has 0 radical (unpaired) electrons. The second-order valence-corrected chi connectivity index (χ2v) is 4.47. The molecule has 1 aromatic carbocycles. The van der Waals surface area contributed by atoms with Gasteiger partial charge in [-0.1, -0.05) is 11.3 Å². The van der Waals surface area contributed by atoms with Gasteiger partial charge in [-0.2, -0.15) is 4.68 Å². The minimum Gasteiger partial charge on any atom is -0.476 e. The van der Waals surface area contributed by atoms with Gasteiger partial charge in [0, 0.05) is 6.07 Å². The van der Waals surface area contributed by atoms with E-state index in [2.05, 4.69) is 10.3 Å². The summed E-state index contributed by atoms with van der Waals surface area (Å²) in [5, 5.41) is 27.6. The van der Waals surface area contributed by atoms with E-state index >= 15 is 0 Å². The van der Waals surface area contributed by atoms with Gasteiger partial charge in [0.05, 0.1) is 11.5 Å². The molecule has 0 saturated carbocycles. The highest BCUT2D eigenvalue weighted by molar-refractivity contribution is 6.00. The van der Waals surface area contributed by atoms with Crippen molar-refractivity contribution in [1.29, 1.82) is 0 Å². The molecule has 0 saturated heterocycles. The second kappa shape index (κ2) is 6.22. The summed E-state index contributed by atoms with van der Waals surface area (Å²) in [4.78, 5) is 33.7. The summed E-state index contributed by atoms with van der Waals surface area (Å²) in [5.74, 6) is -2.47. The lowest BCUT2D eigenvalue weighted by Gasteiger charge is -2.06. The van der Waals surface area contributed by atoms with Crippen LogP contribution in [0.5, 0.6) is 0 Å². The Morgan fingerprint density at radius 2 is 2.13 bits per heavy atom. The number of carbonyl (C=O) groups is 2. The Morgan fingerprint density at radius 1 is 1.43 bits per heavy atom. The molecule has 1 heterocycles. The molecule has 0 aliphatic heterocycles. The van der Waals surface area contributed by atoms with Crippen LogP contribution in [0.1, 0.15) is 33.5 Å². The number of aromatic carboxylic acids is 1. The van der Waals surface area contributed by atoms with Crippen molar-refractivity contribution in [1.82, 2.24) is 15.0 Å². The van der Waals surface area contributed by atoms with Crippen molar-refractivity contribution in [3.63, 3.8) is 0 Å². The molecule has 0 amide bonds. The summed E-state index contributed by atoms with van der Waals surface area (Å²) >= 11 is 0. The van der Waals surface area contributed by atoms with Crippen molar-refractivity contribution in [3.8, 4) is 5.69 Å². The van der Waals surface area contributed by atoms with Gasteiger partial charge in [-0.05, 0) is 25.5 Å². The molecule has 10 nitrogen and oxygen atoms in total. The van der Waals surface area contributed by atoms with Gasteiger partial charge in [-0.15, -0.1) is 5.10 Å². The first-order valence-corrected chi connectivity index (χ1v) is 6.48. The summed E-state index contributed by atoms with van der Waals surface area (Å²) in [6.07, 6.45) is 0. The van der Waals surface area contributed by atoms with Crippen molar-refractivity contribution < 1.29 is 24.4 Å². The molecular formula is C13H12N4O6. The van der Waals surface area contributed by atoms with E-state index in [4.69, 9.17) is 4.74 Å². The predicted octanol–water partition coefficient (Wildman–Crippen LogP) is 1.36. The molecule has 23 heavy (non-hydrogen) atoms. The van der Waals surface area contributed by atoms with Crippen molar-refractivity contribution >= 4 is 17.6 Å². The fourth-order valence-electron chi connectivity index (χ4n) is 1.94. The first kappa shape index (κ1) is 16.1. The van der Waals surface area contributed by atoms with Gasteiger partial charge in [0.2, 0.25) is 5.69 Å². The quantitative estimate of drug-likeness (QED) is 0.495. The molecule has 0 atom stereocenters. The van der Waals surface area contributed by atoms with Gasteiger partial charge >= 0.3 is 11.9 Å². The highest BCUT2D eigenvalue weighted by Crippen LogP contribution is 2.25. The summed E-state index contributed by atoms with van der Waals surface area (Å²) < 4.78 is 5.46. The van der Waals surface area contributed by atoms with E-state index in [-0.39, 0.29) is 18.0 Å². The van der Waals surface area contributed by atoms with E-state index in [9.17, 15) is 24.8 Å². The number of hydrogen-bond donors (Lipinski definition) is 1. The molecule has 2 aromatic rings. The van der Waals surface area contributed by atoms with Crippen LogP contribution in [0, 0.1) is 17.0 Å². The minimum absolute atomic E-state index is 0.0232. The van der Waals surface area contributed by atoms with Crippen molar-refractivity contribution in [3.05, 3.63) is 45.3 Å². The summed E-state index contributed by atoms with van der Waals surface area (Å²) in [5.41, 5.74) is -0.971. The van der Waals surface area contributed by atoms with Crippen molar-refractivity contribution in [2.24, 2.45) is 0 Å². The number of esters is 1. The molecule has 10 heteroatoms. The van der Waals surface area contributed by atoms with Gasteiger partial charge in [0.1, 0.15) is 5.69 Å². The summed E-state index contributed by atoms with van der Waals surface area (Å²) in [6.45, 7) is 3.23. The number of aromatic nitrogens is 3. The first-order valence-electron chi connectivity index (χ1n) is 6.48. The van der Waals surface area contributed by atoms with Crippen LogP contribution in [0.4, 0.5) is 5.69 Å². The Morgan fingerprint density at radius 3 is 2.70 bits per heavy atom. The molecule has 0 spiro atoms. The smallest absolute Gasteiger partial charge is 0.361 e. The number of carboxylic acids is 1. The average molecular weight is 320 g/mol. The lowest BCUT2D eigenvalue weighted by Crippen LogP contribution is -2.15. The van der Waals surface area contributed by atoms with Crippen LogP contribution in [0.15, 0.2) is 18.2 Å². The molecule has 0 aliphatic rings. The number of nitro benzene ring substituents is 1. The lowest BCUT2D eigenvalue weighted by molar-refractivity contribution is -0.384. The molecule has 0 aliphatic carbocycles. The Labute approximate surface area is 129 Å². The maximum Gasteiger partial charge on any atom is 0.361 e. The number of aryl methyl sites for hydroxylation is 1. The maximum atomic E-state index is 11.8. The van der Waals surface area contributed by atoms with Gasteiger partial charge in [-0.3, -0.25) is 10.1 Å². The zero-order chi connectivity index (χ0) is 17.1. The van der Waals surface area contributed by atoms with Crippen LogP contribution in [0.3, 0.4) is 0 Å². The van der Waals surface area contributed by atoms with Crippen LogP contribution < -0.4 is 0 Å². The van der Waals surface area contributed by atoms with Crippen molar-refractivity contribution in [2.75, 3.05) is 6.61 Å². The fourth-order valence-corrected chi connectivity index (χ4v) is 1.94. The van der Waals surface area contributed by atoms with E-state index < -0.39 is 28.2 Å². The highest BCUT2D eigenvalue weighted by Gasteiger charge is 2.29. The van der Waals surface area contributed by atoms with Gasteiger partial charge in [-0.25, -0.2) is 9.59 Å². The third-order valence-electron chi connectivity index (χ3n) is 2.90. The second-order valence-electron chi connectivity index (χ2n) is 4.47.